The minimum Gasteiger partial charge on any atom is -0.481 e. The highest BCUT2D eigenvalue weighted by Gasteiger charge is 2.02. The van der Waals surface area contributed by atoms with Gasteiger partial charge in [-0.2, -0.15) is 0 Å². The van der Waals surface area contributed by atoms with Crippen molar-refractivity contribution in [2.75, 3.05) is 13.7 Å². The third kappa shape index (κ3) is 1.95. The van der Waals surface area contributed by atoms with Crippen LogP contribution in [-0.4, -0.2) is 28.8 Å². The van der Waals surface area contributed by atoms with Gasteiger partial charge in [-0.25, -0.2) is 4.98 Å². The van der Waals surface area contributed by atoms with Gasteiger partial charge in [-0.05, 0) is 12.1 Å². The lowest BCUT2D eigenvalue weighted by molar-refractivity contribution is 0.350. The number of rotatable bonds is 1. The monoisotopic (exact) mass is 214 g/mol. The molecule has 0 aliphatic rings. The van der Waals surface area contributed by atoms with Crippen LogP contribution in [0.2, 0.25) is 0 Å². The van der Waals surface area contributed by atoms with E-state index in [1.54, 1.807) is 25.4 Å². The zero-order valence-electron chi connectivity index (χ0n) is 8.77. The number of ether oxygens (including phenoxy) is 1. The van der Waals surface area contributed by atoms with Crippen molar-refractivity contribution in [2.45, 2.75) is 0 Å². The maximum Gasteiger partial charge on any atom is 0.213 e. The molecule has 0 bridgehead atoms. The van der Waals surface area contributed by atoms with Crippen molar-refractivity contribution in [1.82, 2.24) is 9.97 Å². The Balaban J connectivity index is 2.64. The number of aromatic nitrogens is 2. The molecule has 1 N–H and O–H groups in total. The molecule has 2 heterocycles. The van der Waals surface area contributed by atoms with E-state index in [0.29, 0.717) is 11.4 Å². The van der Waals surface area contributed by atoms with E-state index in [2.05, 4.69) is 21.8 Å². The number of aliphatic hydroxyl groups is 1. The Bertz CT molecular complexity index is 570. The molecule has 0 atom stereocenters. The van der Waals surface area contributed by atoms with Gasteiger partial charge < -0.3 is 9.84 Å². The van der Waals surface area contributed by atoms with Gasteiger partial charge in [-0.3, -0.25) is 4.98 Å². The van der Waals surface area contributed by atoms with E-state index in [1.165, 1.54) is 0 Å². The van der Waals surface area contributed by atoms with Crippen molar-refractivity contribution in [3.8, 4) is 17.7 Å². The van der Waals surface area contributed by atoms with Crippen molar-refractivity contribution in [2.24, 2.45) is 0 Å². The number of aliphatic hydroxyl groups excluding tert-OH is 1. The van der Waals surface area contributed by atoms with Crippen LogP contribution in [0.15, 0.2) is 24.4 Å². The fourth-order valence-corrected chi connectivity index (χ4v) is 1.36. The normalized spacial score (nSPS) is 9.62. The van der Waals surface area contributed by atoms with Crippen molar-refractivity contribution in [3.05, 3.63) is 30.0 Å². The minimum absolute atomic E-state index is 0.173. The van der Waals surface area contributed by atoms with Crippen LogP contribution >= 0.6 is 0 Å². The Labute approximate surface area is 92.9 Å². The highest BCUT2D eigenvalue weighted by Crippen LogP contribution is 2.17. The zero-order valence-corrected chi connectivity index (χ0v) is 8.77. The molecule has 16 heavy (non-hydrogen) atoms. The topological polar surface area (TPSA) is 55.2 Å². The van der Waals surface area contributed by atoms with E-state index in [0.717, 1.165) is 11.1 Å². The molecule has 0 radical (unpaired) electrons. The first kappa shape index (κ1) is 10.4. The largest absolute Gasteiger partial charge is 0.481 e. The van der Waals surface area contributed by atoms with Gasteiger partial charge >= 0.3 is 0 Å². The average molecular weight is 214 g/mol. The highest BCUT2D eigenvalue weighted by atomic mass is 16.5. The highest BCUT2D eigenvalue weighted by molar-refractivity contribution is 5.81. The lowest BCUT2D eigenvalue weighted by atomic mass is 10.2. The SMILES string of the molecule is COc1ccc2nccc(C#CCO)c2n1. The van der Waals surface area contributed by atoms with Gasteiger partial charge in [0.2, 0.25) is 5.88 Å². The second-order valence-corrected chi connectivity index (χ2v) is 3.04. The number of pyridine rings is 2. The van der Waals surface area contributed by atoms with E-state index in [1.807, 2.05) is 6.07 Å². The van der Waals surface area contributed by atoms with Gasteiger partial charge in [0.05, 0.1) is 18.2 Å². The molecule has 0 aliphatic carbocycles. The summed E-state index contributed by atoms with van der Waals surface area (Å²) < 4.78 is 5.05. The van der Waals surface area contributed by atoms with Gasteiger partial charge in [0.25, 0.3) is 0 Å². The second-order valence-electron chi connectivity index (χ2n) is 3.04. The lowest BCUT2D eigenvalue weighted by Crippen LogP contribution is -1.91. The summed E-state index contributed by atoms with van der Waals surface area (Å²) in [6.45, 7) is -0.173. The Morgan fingerprint density at radius 2 is 2.25 bits per heavy atom. The maximum absolute atomic E-state index is 8.67. The van der Waals surface area contributed by atoms with Crippen LogP contribution in [0.3, 0.4) is 0 Å². The standard InChI is InChI=1S/C12H10N2O2/c1-16-11-5-4-10-12(14-11)9(3-2-8-15)6-7-13-10/h4-7,15H,8H2,1H3. The summed E-state index contributed by atoms with van der Waals surface area (Å²) in [5.41, 5.74) is 2.17. The van der Waals surface area contributed by atoms with E-state index in [9.17, 15) is 0 Å². The number of nitrogens with zero attached hydrogens (tertiary/aromatic N) is 2. The second kappa shape index (κ2) is 4.60. The van der Waals surface area contributed by atoms with Gasteiger partial charge in [-0.1, -0.05) is 11.8 Å². The van der Waals surface area contributed by atoms with Crippen LogP contribution < -0.4 is 4.74 Å². The molecule has 4 nitrogen and oxygen atoms in total. The predicted molar refractivity (Wildman–Crippen MR) is 60.1 cm³/mol. The van der Waals surface area contributed by atoms with Gasteiger partial charge in [-0.15, -0.1) is 0 Å². The fraction of sp³-hybridized carbons (Fsp3) is 0.167. The average Bonchev–Trinajstić information content (AvgIpc) is 2.35. The third-order valence-corrected chi connectivity index (χ3v) is 2.07. The van der Waals surface area contributed by atoms with Gasteiger partial charge in [0.15, 0.2) is 0 Å². The number of hydrogen-bond donors (Lipinski definition) is 1. The van der Waals surface area contributed by atoms with Crippen LogP contribution in [0, 0.1) is 11.8 Å². The third-order valence-electron chi connectivity index (χ3n) is 2.07. The van der Waals surface area contributed by atoms with Crippen molar-refractivity contribution >= 4 is 11.0 Å². The zero-order chi connectivity index (χ0) is 11.4. The molecule has 80 valence electrons. The molecule has 0 aliphatic heterocycles. The first-order valence-corrected chi connectivity index (χ1v) is 4.74. The first-order chi connectivity index (χ1) is 7.85. The van der Waals surface area contributed by atoms with Crippen LogP contribution in [-0.2, 0) is 0 Å². The molecule has 2 aromatic rings. The minimum atomic E-state index is -0.173. The van der Waals surface area contributed by atoms with Crippen molar-refractivity contribution in [1.29, 1.82) is 0 Å². The maximum atomic E-state index is 8.67. The summed E-state index contributed by atoms with van der Waals surface area (Å²) >= 11 is 0. The van der Waals surface area contributed by atoms with E-state index in [4.69, 9.17) is 9.84 Å². The summed E-state index contributed by atoms with van der Waals surface area (Å²) in [5.74, 6) is 5.94. The van der Waals surface area contributed by atoms with Crippen LogP contribution in [0.4, 0.5) is 0 Å². The molecular weight excluding hydrogens is 204 g/mol. The van der Waals surface area contributed by atoms with Crippen molar-refractivity contribution < 1.29 is 9.84 Å². The molecule has 0 saturated carbocycles. The Morgan fingerprint density at radius 1 is 1.38 bits per heavy atom. The molecule has 0 aromatic carbocycles. The van der Waals surface area contributed by atoms with Gasteiger partial charge in [0, 0.05) is 12.3 Å². The van der Waals surface area contributed by atoms with E-state index in [-0.39, 0.29) is 6.61 Å². The Kier molecular flexibility index (Phi) is 2.99. The molecule has 2 aromatic heterocycles. The first-order valence-electron chi connectivity index (χ1n) is 4.74. The fourth-order valence-electron chi connectivity index (χ4n) is 1.36. The summed E-state index contributed by atoms with van der Waals surface area (Å²) in [7, 11) is 1.56. The summed E-state index contributed by atoms with van der Waals surface area (Å²) in [6, 6.07) is 5.33. The molecule has 0 saturated heterocycles. The lowest BCUT2D eigenvalue weighted by Gasteiger charge is -2.02. The van der Waals surface area contributed by atoms with Crippen molar-refractivity contribution in [3.63, 3.8) is 0 Å². The number of hydrogen-bond acceptors (Lipinski definition) is 4. The number of methoxy groups -OCH3 is 1. The molecule has 0 spiro atoms. The smallest absolute Gasteiger partial charge is 0.213 e. The molecular formula is C12H10N2O2. The number of fused-ring (bicyclic) bond motifs is 1. The molecule has 2 rings (SSSR count). The summed E-state index contributed by atoms with van der Waals surface area (Å²) in [5, 5.41) is 8.67. The molecule has 4 heteroatoms. The van der Waals surface area contributed by atoms with Crippen LogP contribution in [0.25, 0.3) is 11.0 Å². The van der Waals surface area contributed by atoms with Gasteiger partial charge in [0.1, 0.15) is 12.1 Å². The summed E-state index contributed by atoms with van der Waals surface area (Å²) in [6.07, 6.45) is 1.66. The van der Waals surface area contributed by atoms with Crippen LogP contribution in [0.5, 0.6) is 5.88 Å². The van der Waals surface area contributed by atoms with Crippen LogP contribution in [0.1, 0.15) is 5.56 Å². The molecule has 0 unspecified atom stereocenters. The Hall–Kier alpha value is -2.12. The Morgan fingerprint density at radius 3 is 3.00 bits per heavy atom. The predicted octanol–water partition coefficient (Wildman–Crippen LogP) is 0.982. The quantitative estimate of drug-likeness (QED) is 0.719. The molecule has 0 amide bonds. The van der Waals surface area contributed by atoms with E-state index < -0.39 is 0 Å². The summed E-state index contributed by atoms with van der Waals surface area (Å²) in [4.78, 5) is 8.45. The molecule has 0 fully saturated rings. The van der Waals surface area contributed by atoms with E-state index >= 15 is 0 Å².